The molecule has 23 nitrogen and oxygen atoms in total. The van der Waals surface area contributed by atoms with E-state index in [4.69, 9.17) is 17.2 Å². The largest absolute Gasteiger partial charge is 0.480 e. The van der Waals surface area contributed by atoms with Gasteiger partial charge in [0.25, 0.3) is 0 Å². The van der Waals surface area contributed by atoms with Gasteiger partial charge < -0.3 is 64.4 Å². The maximum absolute atomic E-state index is 14.2. The molecule has 0 bridgehead atoms. The second-order valence-corrected chi connectivity index (χ2v) is 17.9. The van der Waals surface area contributed by atoms with Gasteiger partial charge in [-0.05, 0) is 75.7 Å². The Morgan fingerprint density at radius 3 is 1.67 bits per heavy atom. The van der Waals surface area contributed by atoms with Gasteiger partial charge in [-0.25, -0.2) is 0 Å². The maximum Gasteiger partial charge on any atom is 0.325 e. The topological polar surface area (TPSA) is 369 Å². The lowest BCUT2D eigenvalue weighted by atomic mass is 9.96. The van der Waals surface area contributed by atoms with Crippen molar-refractivity contribution in [1.29, 1.82) is 0 Å². The second kappa shape index (κ2) is 30.6. The number of amides is 9. The van der Waals surface area contributed by atoms with Crippen molar-refractivity contribution >= 4 is 76.9 Å². The number of carboxylic acids is 1. The van der Waals surface area contributed by atoms with Gasteiger partial charge in [0.05, 0.1) is 0 Å². The molecule has 0 spiro atoms. The number of aliphatic imine (C=N–C) groups is 1. The molecule has 0 saturated carbocycles. The van der Waals surface area contributed by atoms with Gasteiger partial charge in [-0.3, -0.25) is 52.9 Å². The number of carbonyl (C=O) groups excluding carboxylic acids is 9. The molecule has 9 amide bonds. The van der Waals surface area contributed by atoms with Crippen LogP contribution in [-0.2, 0) is 47.9 Å². The summed E-state index contributed by atoms with van der Waals surface area (Å²) in [4.78, 5) is 137. The summed E-state index contributed by atoms with van der Waals surface area (Å²) in [6.45, 7) is 11.7. The molecule has 67 heavy (non-hydrogen) atoms. The molecule has 1 aliphatic rings. The summed E-state index contributed by atoms with van der Waals surface area (Å²) in [7, 11) is 0. The number of likely N-dealkylation sites (tertiary alicyclic amines) is 1. The first-order chi connectivity index (χ1) is 31.5. The van der Waals surface area contributed by atoms with Crippen LogP contribution < -0.4 is 54.4 Å². The van der Waals surface area contributed by atoms with E-state index >= 15 is 0 Å². The van der Waals surface area contributed by atoms with Crippen LogP contribution in [0.5, 0.6) is 0 Å². The first kappa shape index (κ1) is 59.3. The maximum atomic E-state index is 14.2. The normalized spacial score (nSPS) is 17.3. The Morgan fingerprint density at radius 1 is 0.687 bits per heavy atom. The van der Waals surface area contributed by atoms with Gasteiger partial charge >= 0.3 is 5.97 Å². The number of carboxylic acid groups (broad SMARTS) is 1. The number of rotatable bonds is 31. The second-order valence-electron chi connectivity index (χ2n) is 17.0. The summed E-state index contributed by atoms with van der Waals surface area (Å²) < 4.78 is 0. The molecule has 0 unspecified atom stereocenters. The average Bonchev–Trinajstić information content (AvgIpc) is 3.77. The summed E-state index contributed by atoms with van der Waals surface area (Å²) in [5.41, 5.74) is 16.2. The fourth-order valence-electron chi connectivity index (χ4n) is 7.21. The Bertz CT molecular complexity index is 1750. The Hall–Kier alpha value is -5.68. The minimum absolute atomic E-state index is 0.0450. The van der Waals surface area contributed by atoms with Crippen LogP contribution in [0.15, 0.2) is 4.99 Å². The van der Waals surface area contributed by atoms with Gasteiger partial charge in [0.15, 0.2) is 5.96 Å². The molecule has 0 aromatic heterocycles. The van der Waals surface area contributed by atoms with Gasteiger partial charge in [0, 0.05) is 26.4 Å². The van der Waals surface area contributed by atoms with Crippen LogP contribution in [0, 0.1) is 11.8 Å². The highest BCUT2D eigenvalue weighted by atomic mass is 32.2. The minimum Gasteiger partial charge on any atom is -0.480 e. The zero-order valence-corrected chi connectivity index (χ0v) is 41.1. The van der Waals surface area contributed by atoms with Crippen molar-refractivity contribution in [3.63, 3.8) is 0 Å². The molecule has 24 heteroatoms. The summed E-state index contributed by atoms with van der Waals surface area (Å²) in [6.07, 6.45) is 4.07. The number of hydrogen-bond acceptors (Lipinski definition) is 12. The van der Waals surface area contributed by atoms with Crippen LogP contribution in [-0.4, -0.2) is 149 Å². The van der Waals surface area contributed by atoms with Crippen molar-refractivity contribution in [2.45, 2.75) is 167 Å². The van der Waals surface area contributed by atoms with Crippen molar-refractivity contribution in [3.8, 4) is 0 Å². The summed E-state index contributed by atoms with van der Waals surface area (Å²) in [5, 5.41) is 27.9. The molecule has 0 radical (unpaired) electrons. The minimum atomic E-state index is -1.25. The van der Waals surface area contributed by atoms with E-state index in [2.05, 4.69) is 42.2 Å². The number of carbonyl (C=O) groups is 10. The quantitative estimate of drug-likeness (QED) is 0.0213. The number of nitrogens with zero attached hydrogens (tertiary/aromatic N) is 2. The third kappa shape index (κ3) is 20.8. The highest BCUT2D eigenvalue weighted by molar-refractivity contribution is 7.98. The van der Waals surface area contributed by atoms with Crippen molar-refractivity contribution in [2.24, 2.45) is 34.0 Å². The molecule has 0 aromatic carbocycles. The molecule has 0 aromatic rings. The number of primary amides is 1. The van der Waals surface area contributed by atoms with E-state index in [0.717, 1.165) is 0 Å². The Balaban J connectivity index is 3.41. The van der Waals surface area contributed by atoms with Gasteiger partial charge in [0.1, 0.15) is 48.3 Å². The van der Waals surface area contributed by atoms with Crippen LogP contribution in [0.4, 0.5) is 0 Å². The Labute approximate surface area is 397 Å². The SMILES string of the molecule is CCC[C@H](NC(=O)[C@H](CCSC)NC(=O)[C@H](NC(=O)[C@H](CCC(N)=O)NC(C)=O)[C@@H](C)CC)C(=O)N[C@H](C(=O)N[C@@H](CCCN=C(N)N)C(=O)N1CCC[C@H]1C(=O)N[C@H](C)C(=O)O)[C@@H](C)CC. The van der Waals surface area contributed by atoms with E-state index in [1.165, 1.54) is 30.5 Å². The fraction of sp³-hybridized carbons (Fsp3) is 0.744. The number of thioether (sulfide) groups is 1. The number of hydrogen-bond donors (Lipinski definition) is 11. The van der Waals surface area contributed by atoms with E-state index in [-0.39, 0.29) is 64.0 Å². The highest BCUT2D eigenvalue weighted by Crippen LogP contribution is 2.21. The molecular weight excluding hydrogens is 893 g/mol. The Kier molecular flexibility index (Phi) is 27.1. The zero-order chi connectivity index (χ0) is 51.0. The molecule has 1 aliphatic heterocycles. The highest BCUT2D eigenvalue weighted by Gasteiger charge is 2.40. The molecule has 14 N–H and O–H groups in total. The van der Waals surface area contributed by atoms with Crippen molar-refractivity contribution in [2.75, 3.05) is 25.1 Å². The molecule has 380 valence electrons. The van der Waals surface area contributed by atoms with E-state index in [1.807, 2.05) is 6.26 Å². The molecule has 1 saturated heterocycles. The van der Waals surface area contributed by atoms with Gasteiger partial charge in [-0.1, -0.05) is 53.9 Å². The lowest BCUT2D eigenvalue weighted by Gasteiger charge is -2.32. The number of nitrogens with one attached hydrogen (secondary N) is 7. The first-order valence-corrected chi connectivity index (χ1v) is 24.4. The molecule has 1 fully saturated rings. The average molecular weight is 969 g/mol. The lowest BCUT2D eigenvalue weighted by molar-refractivity contribution is -0.144. The number of guanidine groups is 1. The van der Waals surface area contributed by atoms with Crippen LogP contribution in [0.3, 0.4) is 0 Å². The van der Waals surface area contributed by atoms with Crippen LogP contribution >= 0.6 is 11.8 Å². The first-order valence-electron chi connectivity index (χ1n) is 23.0. The molecule has 1 rings (SSSR count). The van der Waals surface area contributed by atoms with Crippen LogP contribution in [0.1, 0.15) is 119 Å². The number of aliphatic carboxylic acids is 1. The third-order valence-corrected chi connectivity index (χ3v) is 12.2. The standard InChI is InChI=1S/C43H76N12O11S/c1-9-14-27(50-35(58)29(19-22-67-8)51-39(62)33(23(4)10-2)54-37(60)28(49-26(7)56)17-18-32(44)57)36(59)53-34(24(5)11-3)40(63)52-30(15-12-20-47-43(45)46)41(64)55-21-13-16-31(55)38(61)48-25(6)42(65)66/h23-25,27-31,33-34H,9-22H2,1-8H3,(H2,44,57)(H,48,61)(H,49,56)(H,50,58)(H,51,62)(H,52,63)(H,53,59)(H,54,60)(H,65,66)(H4,45,46,47)/t23-,24-,25+,27-,28-,29-,30-,31-,33+,34-/m0/s1. The fourth-order valence-corrected chi connectivity index (χ4v) is 7.68. The third-order valence-electron chi connectivity index (χ3n) is 11.5. The van der Waals surface area contributed by atoms with Gasteiger partial charge in [0.2, 0.25) is 53.2 Å². The Morgan fingerprint density at radius 2 is 1.19 bits per heavy atom. The van der Waals surface area contributed by atoms with Crippen LogP contribution in [0.25, 0.3) is 0 Å². The number of nitrogens with two attached hydrogens (primary N) is 3. The van der Waals surface area contributed by atoms with E-state index in [9.17, 15) is 53.1 Å². The van der Waals surface area contributed by atoms with Gasteiger partial charge in [-0.15, -0.1) is 0 Å². The molecule has 0 aliphatic carbocycles. The summed E-state index contributed by atoms with van der Waals surface area (Å²) in [5.74, 6) is -7.90. The lowest BCUT2D eigenvalue weighted by Crippen LogP contribution is -2.61. The van der Waals surface area contributed by atoms with E-state index < -0.39 is 119 Å². The monoisotopic (exact) mass is 969 g/mol. The van der Waals surface area contributed by atoms with E-state index in [0.29, 0.717) is 31.4 Å². The van der Waals surface area contributed by atoms with Crippen molar-refractivity contribution < 1.29 is 53.1 Å². The summed E-state index contributed by atoms with van der Waals surface area (Å²) >= 11 is 1.41. The van der Waals surface area contributed by atoms with Crippen LogP contribution in [0.2, 0.25) is 0 Å². The molecule has 10 atom stereocenters. The molecular formula is C43H76N12O11S. The molecule has 1 heterocycles. The van der Waals surface area contributed by atoms with E-state index in [1.54, 1.807) is 34.6 Å². The zero-order valence-electron chi connectivity index (χ0n) is 40.2. The smallest absolute Gasteiger partial charge is 0.325 e. The predicted molar refractivity (Wildman–Crippen MR) is 252 cm³/mol. The van der Waals surface area contributed by atoms with Crippen molar-refractivity contribution in [1.82, 2.24) is 42.1 Å². The predicted octanol–water partition coefficient (Wildman–Crippen LogP) is -1.54. The van der Waals surface area contributed by atoms with Crippen molar-refractivity contribution in [3.05, 3.63) is 0 Å². The van der Waals surface area contributed by atoms with Gasteiger partial charge in [-0.2, -0.15) is 11.8 Å². The summed E-state index contributed by atoms with van der Waals surface area (Å²) in [6, 6.07) is -9.25.